The Kier molecular flexibility index (Phi) is 5.11. The Bertz CT molecular complexity index is 2250. The van der Waals surface area contributed by atoms with Gasteiger partial charge in [-0.2, -0.15) is 4.98 Å². The molecule has 0 N–H and O–H groups in total. The Balaban J connectivity index is 1.34. The van der Waals surface area contributed by atoms with Crippen LogP contribution >= 0.6 is 0 Å². The molecule has 3 nitrogen and oxygen atoms in total. The third-order valence-electron chi connectivity index (χ3n) is 9.02. The molecule has 9 rings (SSSR count). The summed E-state index contributed by atoms with van der Waals surface area (Å²) >= 11 is 0. The van der Waals surface area contributed by atoms with Crippen LogP contribution in [0.15, 0.2) is 162 Å². The van der Waals surface area contributed by atoms with Gasteiger partial charge in [-0.05, 0) is 56.3 Å². The van der Waals surface area contributed by atoms with Crippen LogP contribution in [0.25, 0.3) is 50.3 Å². The standard InChI is InChI=1S/C40H26N2O/c1-3-13-31(14-4-1)40(32-15-5-2-6-16-32)35-18-10-9-17-33(35)34-22-21-29(26-36(34)40)37-38(42-23-24-43-39(42)41-37)30-20-19-27-11-7-8-12-28(27)25-30/h1-26H. The second-order valence-electron chi connectivity index (χ2n) is 11.2. The first kappa shape index (κ1) is 24.0. The van der Waals surface area contributed by atoms with Gasteiger partial charge in [0.25, 0.3) is 0 Å². The molecule has 8 aromatic rings. The van der Waals surface area contributed by atoms with Crippen LogP contribution in [0.2, 0.25) is 0 Å². The molecule has 0 spiro atoms. The van der Waals surface area contributed by atoms with Crippen LogP contribution in [0.4, 0.5) is 0 Å². The molecule has 0 fully saturated rings. The monoisotopic (exact) mass is 550 g/mol. The number of imidazole rings is 1. The summed E-state index contributed by atoms with van der Waals surface area (Å²) in [5, 5.41) is 2.41. The van der Waals surface area contributed by atoms with Crippen molar-refractivity contribution in [2.24, 2.45) is 0 Å². The van der Waals surface area contributed by atoms with Crippen molar-refractivity contribution in [1.29, 1.82) is 0 Å². The minimum atomic E-state index is -0.466. The van der Waals surface area contributed by atoms with Crippen molar-refractivity contribution in [2.75, 3.05) is 0 Å². The van der Waals surface area contributed by atoms with Gasteiger partial charge in [0.15, 0.2) is 0 Å². The maximum Gasteiger partial charge on any atom is 0.306 e. The molecule has 2 aromatic heterocycles. The number of nitrogens with zero attached hydrogens (tertiary/aromatic N) is 2. The van der Waals surface area contributed by atoms with E-state index < -0.39 is 5.41 Å². The van der Waals surface area contributed by atoms with E-state index in [-0.39, 0.29) is 0 Å². The highest BCUT2D eigenvalue weighted by Crippen LogP contribution is 2.56. The van der Waals surface area contributed by atoms with Gasteiger partial charge in [-0.1, -0.05) is 133 Å². The molecule has 1 aliphatic rings. The second kappa shape index (κ2) is 9.17. The molecule has 0 aliphatic heterocycles. The van der Waals surface area contributed by atoms with Crippen molar-refractivity contribution in [3.05, 3.63) is 180 Å². The van der Waals surface area contributed by atoms with E-state index in [2.05, 4.69) is 150 Å². The lowest BCUT2D eigenvalue weighted by Crippen LogP contribution is -2.28. The molecule has 0 atom stereocenters. The number of hydrogen-bond acceptors (Lipinski definition) is 2. The molecule has 6 aromatic carbocycles. The normalized spacial score (nSPS) is 13.3. The first-order valence-corrected chi connectivity index (χ1v) is 14.6. The quantitative estimate of drug-likeness (QED) is 0.218. The third-order valence-corrected chi connectivity index (χ3v) is 9.02. The average molecular weight is 551 g/mol. The minimum absolute atomic E-state index is 0.466. The molecule has 1 aliphatic carbocycles. The lowest BCUT2D eigenvalue weighted by molar-refractivity contribution is 0.596. The molecule has 0 radical (unpaired) electrons. The van der Waals surface area contributed by atoms with Gasteiger partial charge in [0, 0.05) is 17.3 Å². The molecule has 3 heteroatoms. The molecule has 0 saturated heterocycles. The van der Waals surface area contributed by atoms with Crippen LogP contribution in [0, 0.1) is 0 Å². The van der Waals surface area contributed by atoms with Crippen LogP contribution in [-0.4, -0.2) is 9.38 Å². The Hall–Kier alpha value is -5.67. The summed E-state index contributed by atoms with van der Waals surface area (Å²) in [7, 11) is 0. The van der Waals surface area contributed by atoms with E-state index >= 15 is 0 Å². The van der Waals surface area contributed by atoms with Gasteiger partial charge in [0.05, 0.1) is 11.1 Å². The molecule has 202 valence electrons. The maximum atomic E-state index is 5.84. The smallest absolute Gasteiger partial charge is 0.306 e. The van der Waals surface area contributed by atoms with Crippen LogP contribution in [-0.2, 0) is 5.41 Å². The van der Waals surface area contributed by atoms with E-state index in [9.17, 15) is 0 Å². The van der Waals surface area contributed by atoms with Crippen LogP contribution < -0.4 is 0 Å². The SMILES string of the molecule is c1ccc(C2(c3ccccc3)c3ccccc3-c3ccc(-c4nc5occn5c4-c4ccc5ccccc5c4)cc32)cc1. The first-order chi connectivity index (χ1) is 21.3. The van der Waals surface area contributed by atoms with Crippen molar-refractivity contribution < 1.29 is 4.42 Å². The van der Waals surface area contributed by atoms with Gasteiger partial charge in [-0.3, -0.25) is 4.40 Å². The topological polar surface area (TPSA) is 30.4 Å². The first-order valence-electron chi connectivity index (χ1n) is 14.6. The van der Waals surface area contributed by atoms with E-state index in [0.717, 1.165) is 22.5 Å². The van der Waals surface area contributed by atoms with E-state index in [1.165, 1.54) is 44.2 Å². The van der Waals surface area contributed by atoms with Crippen molar-refractivity contribution in [2.45, 2.75) is 5.41 Å². The zero-order valence-electron chi connectivity index (χ0n) is 23.3. The van der Waals surface area contributed by atoms with E-state index in [1.54, 1.807) is 6.26 Å². The zero-order valence-corrected chi connectivity index (χ0v) is 23.3. The minimum Gasteiger partial charge on any atom is -0.432 e. The summed E-state index contributed by atoms with van der Waals surface area (Å²) in [6.45, 7) is 0. The predicted molar refractivity (Wildman–Crippen MR) is 173 cm³/mol. The number of oxazole rings is 1. The lowest BCUT2D eigenvalue weighted by atomic mass is 9.67. The molecule has 0 saturated carbocycles. The summed E-state index contributed by atoms with van der Waals surface area (Å²) in [5.74, 6) is 0.583. The summed E-state index contributed by atoms with van der Waals surface area (Å²) in [6, 6.07) is 52.6. The number of aromatic nitrogens is 2. The van der Waals surface area contributed by atoms with Crippen LogP contribution in [0.3, 0.4) is 0 Å². The summed E-state index contributed by atoms with van der Waals surface area (Å²) in [4.78, 5) is 5.06. The number of benzene rings is 6. The molecule has 0 amide bonds. The zero-order chi connectivity index (χ0) is 28.4. The van der Waals surface area contributed by atoms with Gasteiger partial charge < -0.3 is 4.42 Å². The number of rotatable bonds is 4. The third kappa shape index (κ3) is 3.39. The highest BCUT2D eigenvalue weighted by atomic mass is 16.3. The fourth-order valence-electron chi connectivity index (χ4n) is 7.19. The summed E-state index contributed by atoms with van der Waals surface area (Å²) in [6.07, 6.45) is 3.66. The largest absolute Gasteiger partial charge is 0.432 e. The van der Waals surface area contributed by atoms with Gasteiger partial charge in [-0.25, -0.2) is 0 Å². The van der Waals surface area contributed by atoms with Crippen molar-refractivity contribution in [1.82, 2.24) is 9.38 Å². The van der Waals surface area contributed by atoms with Crippen LogP contribution in [0.1, 0.15) is 22.3 Å². The predicted octanol–water partition coefficient (Wildman–Crippen LogP) is 9.78. The summed E-state index contributed by atoms with van der Waals surface area (Å²) < 4.78 is 7.90. The Morgan fingerprint density at radius 1 is 0.535 bits per heavy atom. The number of hydrogen-bond donors (Lipinski definition) is 0. The van der Waals surface area contributed by atoms with Crippen molar-refractivity contribution in [3.63, 3.8) is 0 Å². The average Bonchev–Trinajstić information content (AvgIpc) is 3.76. The highest BCUT2D eigenvalue weighted by Gasteiger charge is 2.46. The highest BCUT2D eigenvalue weighted by molar-refractivity contribution is 5.92. The van der Waals surface area contributed by atoms with E-state index in [1.807, 2.05) is 6.20 Å². The van der Waals surface area contributed by atoms with Gasteiger partial charge in [0.1, 0.15) is 12.0 Å². The van der Waals surface area contributed by atoms with Gasteiger partial charge >= 0.3 is 5.84 Å². The van der Waals surface area contributed by atoms with E-state index in [0.29, 0.717) is 5.84 Å². The molecular weight excluding hydrogens is 524 g/mol. The van der Waals surface area contributed by atoms with E-state index in [4.69, 9.17) is 9.40 Å². The molecule has 0 unspecified atom stereocenters. The fraction of sp³-hybridized carbons (Fsp3) is 0.0250. The Morgan fingerprint density at radius 3 is 1.98 bits per heavy atom. The Morgan fingerprint density at radius 2 is 1.19 bits per heavy atom. The molecule has 43 heavy (non-hydrogen) atoms. The van der Waals surface area contributed by atoms with Crippen molar-refractivity contribution in [3.8, 4) is 33.6 Å². The lowest BCUT2D eigenvalue weighted by Gasteiger charge is -2.34. The van der Waals surface area contributed by atoms with Crippen molar-refractivity contribution >= 4 is 16.6 Å². The molecular formula is C40H26N2O. The second-order valence-corrected chi connectivity index (χ2v) is 11.2. The molecule has 2 heterocycles. The van der Waals surface area contributed by atoms with Gasteiger partial charge in [-0.15, -0.1) is 0 Å². The fourth-order valence-corrected chi connectivity index (χ4v) is 7.19. The number of fused-ring (bicyclic) bond motifs is 5. The molecule has 0 bridgehead atoms. The van der Waals surface area contributed by atoms with Crippen LogP contribution in [0.5, 0.6) is 0 Å². The summed E-state index contributed by atoms with van der Waals surface area (Å²) in [5.41, 5.74) is 11.2. The Labute approximate surface area is 249 Å². The maximum absolute atomic E-state index is 5.84. The van der Waals surface area contributed by atoms with Gasteiger partial charge in [0.2, 0.25) is 0 Å².